The molecule has 0 radical (unpaired) electrons. The van der Waals surface area contributed by atoms with Gasteiger partial charge in [-0.1, -0.05) is 232 Å². The first-order valence-corrected chi connectivity index (χ1v) is 22.2. The summed E-state index contributed by atoms with van der Waals surface area (Å²) in [6.45, 7) is 8.50. The minimum atomic E-state index is -1.25. The predicted octanol–water partition coefficient (Wildman–Crippen LogP) is 16.0. The summed E-state index contributed by atoms with van der Waals surface area (Å²) in [6, 6.07) is 61.6. The number of nitrogens with zero attached hydrogens (tertiary/aromatic N) is 1. The highest BCUT2D eigenvalue weighted by Gasteiger charge is 2.53. The summed E-state index contributed by atoms with van der Waals surface area (Å²) in [5, 5.41) is 0.978. The second-order valence-corrected chi connectivity index (χ2v) is 16.4. The molecule has 2 heteroatoms. The van der Waals surface area contributed by atoms with E-state index < -0.39 is 17.9 Å². The maximum atomic E-state index is 10.1. The Morgan fingerprint density at radius 3 is 2.15 bits per heavy atom. The third-order valence-electron chi connectivity index (χ3n) is 12.8. The Hall–Kier alpha value is -7.94. The fraction of sp³-hybridized carbons (Fsp3) is 0.0794. The minimum absolute atomic E-state index is 0.0189. The summed E-state index contributed by atoms with van der Waals surface area (Å²) in [4.78, 5) is 2.02. The van der Waals surface area contributed by atoms with Crippen LogP contribution in [-0.2, 0) is 5.41 Å². The van der Waals surface area contributed by atoms with Gasteiger partial charge in [0.05, 0.1) is 21.8 Å². The number of fused-ring (bicyclic) bond motifs is 4. The molecule has 7 aromatic rings. The normalized spacial score (nSPS) is 22.4. The Bertz CT molecular complexity index is 3320. The van der Waals surface area contributed by atoms with Gasteiger partial charge >= 0.3 is 0 Å². The Morgan fingerprint density at radius 1 is 0.723 bits per heavy atom. The van der Waals surface area contributed by atoms with Crippen molar-refractivity contribution < 1.29 is 9.90 Å². The molecule has 10 rings (SSSR count). The van der Waals surface area contributed by atoms with Gasteiger partial charge in [-0.3, -0.25) is 0 Å². The second-order valence-electron chi connectivity index (χ2n) is 16.4. The van der Waals surface area contributed by atoms with Gasteiger partial charge < -0.3 is 9.32 Å². The van der Waals surface area contributed by atoms with E-state index in [1.807, 2.05) is 163 Å². The van der Waals surface area contributed by atoms with Crippen molar-refractivity contribution in [3.63, 3.8) is 0 Å². The van der Waals surface area contributed by atoms with Gasteiger partial charge in [-0.15, -0.1) is 0 Å². The molecule has 6 aromatic carbocycles. The Kier molecular flexibility index (Phi) is 10.4. The highest BCUT2D eigenvalue weighted by molar-refractivity contribution is 5.93. The minimum Gasteiger partial charge on any atom is -0.464 e. The molecule has 0 N–H and O–H groups in total. The SMILES string of the molecule is [2H]C1=C([2H])C(N(C2=CC3C(C=C2)c2ccccc2C3(/C(C=C)=C/C=C)c2ccccc2)c2ccc(-c3ccccc4ccccc4oc3)cc2)C([2H])C([2H])=C1/C(=C/c1ccccc1)c1ccccc1. The van der Waals surface area contributed by atoms with Crippen LogP contribution in [0.2, 0.25) is 0 Å². The molecule has 3 aliphatic rings. The molecule has 1 aromatic heterocycles. The monoisotopic (exact) mass is 841 g/mol. The van der Waals surface area contributed by atoms with E-state index in [2.05, 4.69) is 86.0 Å². The van der Waals surface area contributed by atoms with Crippen molar-refractivity contribution in [2.24, 2.45) is 5.92 Å². The van der Waals surface area contributed by atoms with Crippen molar-refractivity contribution in [2.45, 2.75) is 23.8 Å². The third-order valence-corrected chi connectivity index (χ3v) is 12.8. The van der Waals surface area contributed by atoms with Gasteiger partial charge in [0.1, 0.15) is 5.58 Å². The number of rotatable bonds is 11. The van der Waals surface area contributed by atoms with Crippen molar-refractivity contribution in [3.05, 3.63) is 307 Å². The van der Waals surface area contributed by atoms with Crippen LogP contribution in [0.25, 0.3) is 33.7 Å². The molecule has 1 heterocycles. The maximum Gasteiger partial charge on any atom is 0.133 e. The number of anilines is 1. The first-order valence-electron chi connectivity index (χ1n) is 24.2. The Labute approximate surface area is 389 Å². The molecule has 5 atom stereocenters. The molecular weight excluding hydrogens is 787 g/mol. The molecule has 3 aliphatic carbocycles. The Balaban J connectivity index is 1.17. The summed E-state index contributed by atoms with van der Waals surface area (Å²) in [6.07, 6.45) is 15.0. The number of hydrogen-bond acceptors (Lipinski definition) is 2. The van der Waals surface area contributed by atoms with E-state index >= 15 is 0 Å². The number of benzene rings is 6. The first kappa shape index (κ1) is 36.5. The van der Waals surface area contributed by atoms with E-state index in [0.29, 0.717) is 5.57 Å². The Morgan fingerprint density at radius 2 is 1.40 bits per heavy atom. The van der Waals surface area contributed by atoms with Crippen LogP contribution >= 0.6 is 0 Å². The van der Waals surface area contributed by atoms with E-state index in [-0.39, 0.29) is 35.6 Å². The van der Waals surface area contributed by atoms with Crippen molar-refractivity contribution in [2.75, 3.05) is 4.90 Å². The standard InChI is InChI=1S/C63H51NO/c1-3-20-52(4-2)63(53-28-12-7-13-29-53)60-31-18-17-30-57(60)58-42-41-56(44-61(58)63)64(54-37-33-47(34-38-54)51-27-15-14-25-50-26-16-19-32-62(50)65-45-51)55-39-35-49(36-40-55)59(48-23-10-6-11-24-48)43-46-21-8-5-9-22-46/h3-39,41-45,55,58,61H,1-2,40H2/b25-14?,27-15?,51-45?,52-20+,59-43+/i35D,36D,39D,40D. The molecular formula is C63H51NO. The molecule has 0 bridgehead atoms. The van der Waals surface area contributed by atoms with E-state index in [1.165, 1.54) is 11.1 Å². The lowest BCUT2D eigenvalue weighted by molar-refractivity contribution is 0.451. The molecule has 0 amide bonds. The smallest absolute Gasteiger partial charge is 0.133 e. The van der Waals surface area contributed by atoms with Gasteiger partial charge in [0, 0.05) is 35.5 Å². The second kappa shape index (κ2) is 18.4. The number of para-hydroxylation sites is 1. The van der Waals surface area contributed by atoms with E-state index in [1.54, 1.807) is 6.26 Å². The van der Waals surface area contributed by atoms with Crippen molar-refractivity contribution in [3.8, 4) is 11.1 Å². The van der Waals surface area contributed by atoms with Crippen molar-refractivity contribution in [1.82, 2.24) is 0 Å². The summed E-state index contributed by atoms with van der Waals surface area (Å²) in [7, 11) is 0. The van der Waals surface area contributed by atoms with Crippen LogP contribution in [0.1, 0.15) is 45.6 Å². The zero-order valence-electron chi connectivity index (χ0n) is 40.1. The van der Waals surface area contributed by atoms with E-state index in [9.17, 15) is 5.48 Å². The van der Waals surface area contributed by atoms with Gasteiger partial charge in [0.2, 0.25) is 0 Å². The summed E-state index contributed by atoms with van der Waals surface area (Å²) in [5.41, 5.74) is 10.5. The average molecular weight is 842 g/mol. The van der Waals surface area contributed by atoms with Crippen LogP contribution in [0.5, 0.6) is 0 Å². The summed E-state index contributed by atoms with van der Waals surface area (Å²) < 4.78 is 46.1. The van der Waals surface area contributed by atoms with Gasteiger partial charge in [0.15, 0.2) is 0 Å². The van der Waals surface area contributed by atoms with E-state index in [4.69, 9.17) is 4.42 Å². The van der Waals surface area contributed by atoms with Crippen LogP contribution in [-0.4, -0.2) is 6.04 Å². The first-order chi connectivity index (χ1) is 33.8. The van der Waals surface area contributed by atoms with Gasteiger partial charge in [-0.2, -0.15) is 0 Å². The number of hydrogen-bond donors (Lipinski definition) is 0. The molecule has 0 spiro atoms. The largest absolute Gasteiger partial charge is 0.464 e. The zero-order valence-corrected chi connectivity index (χ0v) is 36.1. The van der Waals surface area contributed by atoms with Crippen molar-refractivity contribution >= 4 is 28.3 Å². The van der Waals surface area contributed by atoms with Gasteiger partial charge in [0.25, 0.3) is 0 Å². The maximum absolute atomic E-state index is 10.1. The van der Waals surface area contributed by atoms with Crippen molar-refractivity contribution in [1.29, 1.82) is 0 Å². The van der Waals surface area contributed by atoms with E-state index in [0.717, 1.165) is 55.7 Å². The molecule has 0 saturated carbocycles. The quantitative estimate of drug-likeness (QED) is 0.0953. The van der Waals surface area contributed by atoms with Crippen LogP contribution in [0, 0.1) is 5.92 Å². The van der Waals surface area contributed by atoms with Gasteiger partial charge in [-0.25, -0.2) is 0 Å². The zero-order chi connectivity index (χ0) is 47.5. The van der Waals surface area contributed by atoms with Crippen LogP contribution in [0.4, 0.5) is 5.69 Å². The lowest BCUT2D eigenvalue weighted by Crippen LogP contribution is -2.39. The topological polar surface area (TPSA) is 16.4 Å². The molecule has 2 nitrogen and oxygen atoms in total. The fourth-order valence-electron chi connectivity index (χ4n) is 9.86. The molecule has 0 saturated heterocycles. The highest BCUT2D eigenvalue weighted by atomic mass is 16.3. The highest BCUT2D eigenvalue weighted by Crippen LogP contribution is 2.60. The molecule has 5 unspecified atom stereocenters. The number of allylic oxidation sites excluding steroid dienone is 10. The summed E-state index contributed by atoms with van der Waals surface area (Å²) >= 11 is 0. The third kappa shape index (κ3) is 7.89. The van der Waals surface area contributed by atoms with Crippen LogP contribution in [0.15, 0.2) is 283 Å². The average Bonchev–Trinajstić information content (AvgIpc) is 3.74. The van der Waals surface area contributed by atoms with Crippen LogP contribution in [0.3, 0.4) is 0 Å². The van der Waals surface area contributed by atoms with Crippen LogP contribution < -0.4 is 4.90 Å². The van der Waals surface area contributed by atoms with Gasteiger partial charge in [-0.05, 0) is 86.8 Å². The fourth-order valence-corrected chi connectivity index (χ4v) is 9.86. The lowest BCUT2D eigenvalue weighted by atomic mass is 9.62. The molecule has 0 aliphatic heterocycles. The molecule has 65 heavy (non-hydrogen) atoms. The molecule has 0 fully saturated rings. The lowest BCUT2D eigenvalue weighted by Gasteiger charge is -2.42. The molecule has 314 valence electrons. The predicted molar refractivity (Wildman–Crippen MR) is 274 cm³/mol. The summed E-state index contributed by atoms with van der Waals surface area (Å²) in [5.74, 6) is -0.193.